The summed E-state index contributed by atoms with van der Waals surface area (Å²) in [4.78, 5) is 30.1. The van der Waals surface area contributed by atoms with E-state index in [9.17, 15) is 14.7 Å². The summed E-state index contributed by atoms with van der Waals surface area (Å²) in [5.74, 6) is -0.833. The van der Waals surface area contributed by atoms with Crippen LogP contribution in [0, 0.1) is 0 Å². The van der Waals surface area contributed by atoms with Crippen LogP contribution in [0.3, 0.4) is 0 Å². The van der Waals surface area contributed by atoms with E-state index in [1.54, 1.807) is 36.3 Å². The summed E-state index contributed by atoms with van der Waals surface area (Å²) in [6.45, 7) is 6.93. The second-order valence-corrected chi connectivity index (χ2v) is 8.58. The van der Waals surface area contributed by atoms with Gasteiger partial charge < -0.3 is 24.4 Å². The Bertz CT molecular complexity index is 1050. The number of methoxy groups -OCH3 is 1. The smallest absolute Gasteiger partial charge is 0.295 e. The first-order valence-corrected chi connectivity index (χ1v) is 11.9. The third-order valence-corrected chi connectivity index (χ3v) is 6.67. The lowest BCUT2D eigenvalue weighted by Gasteiger charge is -2.28. The summed E-state index contributed by atoms with van der Waals surface area (Å²) in [6, 6.07) is 14.0. The summed E-state index contributed by atoms with van der Waals surface area (Å²) in [6.07, 6.45) is 1.66. The summed E-state index contributed by atoms with van der Waals surface area (Å²) in [5.41, 5.74) is 2.41. The molecule has 2 saturated heterocycles. The van der Waals surface area contributed by atoms with Gasteiger partial charge in [-0.2, -0.15) is 0 Å². The zero-order valence-electron chi connectivity index (χ0n) is 20.0. The van der Waals surface area contributed by atoms with Gasteiger partial charge in [0.25, 0.3) is 11.7 Å². The molecule has 2 fully saturated rings. The molecule has 2 atom stereocenters. The number of amides is 1. The normalized spacial score (nSPS) is 21.8. The van der Waals surface area contributed by atoms with Crippen LogP contribution in [0.4, 0.5) is 5.69 Å². The number of aliphatic hydroxyl groups excluding tert-OH is 1. The Morgan fingerprint density at radius 2 is 1.76 bits per heavy atom. The second-order valence-electron chi connectivity index (χ2n) is 8.58. The third kappa shape index (κ3) is 4.53. The van der Waals surface area contributed by atoms with E-state index in [1.165, 1.54) is 0 Å². The predicted molar refractivity (Wildman–Crippen MR) is 131 cm³/mol. The molecule has 2 aliphatic heterocycles. The Hall–Kier alpha value is -3.32. The number of carbonyl (C=O) groups excluding carboxylic acids is 2. The molecule has 2 heterocycles. The van der Waals surface area contributed by atoms with Crippen LogP contribution in [0.25, 0.3) is 5.76 Å². The number of hydrogen-bond acceptors (Lipinski definition) is 6. The maximum absolute atomic E-state index is 13.2. The van der Waals surface area contributed by atoms with E-state index in [1.807, 2.05) is 24.3 Å². The summed E-state index contributed by atoms with van der Waals surface area (Å²) in [7, 11) is 1.56. The van der Waals surface area contributed by atoms with Crippen LogP contribution in [0.1, 0.15) is 43.9 Å². The summed E-state index contributed by atoms with van der Waals surface area (Å²) >= 11 is 0. The van der Waals surface area contributed by atoms with Crippen molar-refractivity contribution in [2.45, 2.75) is 38.8 Å². The van der Waals surface area contributed by atoms with Gasteiger partial charge >= 0.3 is 0 Å². The number of Topliss-reactive ketones (excluding diaryl/α,β-unsaturated/α-hetero) is 1. The fourth-order valence-electron chi connectivity index (χ4n) is 4.78. The van der Waals surface area contributed by atoms with Gasteiger partial charge in [0.05, 0.1) is 24.8 Å². The number of likely N-dealkylation sites (tertiary alicyclic amines) is 1. The Kier molecular flexibility index (Phi) is 7.22. The van der Waals surface area contributed by atoms with Crippen LogP contribution < -0.4 is 9.64 Å². The van der Waals surface area contributed by atoms with Crippen molar-refractivity contribution in [3.63, 3.8) is 0 Å². The molecule has 0 aliphatic carbocycles. The third-order valence-electron chi connectivity index (χ3n) is 6.67. The molecule has 2 aromatic carbocycles. The van der Waals surface area contributed by atoms with Gasteiger partial charge in [0, 0.05) is 37.5 Å². The lowest BCUT2D eigenvalue weighted by Crippen LogP contribution is -2.36. The highest BCUT2D eigenvalue weighted by Gasteiger charge is 2.47. The van der Waals surface area contributed by atoms with Gasteiger partial charge in [-0.1, -0.05) is 12.1 Å². The van der Waals surface area contributed by atoms with Crippen molar-refractivity contribution in [2.75, 3.05) is 38.3 Å². The zero-order valence-corrected chi connectivity index (χ0v) is 20.0. The molecular weight excluding hydrogens is 432 g/mol. The van der Waals surface area contributed by atoms with Crippen molar-refractivity contribution in [3.8, 4) is 5.75 Å². The van der Waals surface area contributed by atoms with Crippen molar-refractivity contribution >= 4 is 23.1 Å². The fraction of sp³-hybridized carbons (Fsp3) is 0.407. The van der Waals surface area contributed by atoms with E-state index in [-0.39, 0.29) is 17.4 Å². The number of hydrogen-bond donors (Lipinski definition) is 1. The van der Waals surface area contributed by atoms with Crippen LogP contribution in [-0.4, -0.2) is 61.2 Å². The molecule has 0 bridgehead atoms. The number of nitrogens with zero attached hydrogens (tertiary/aromatic N) is 2. The molecule has 2 unspecified atom stereocenters. The maximum atomic E-state index is 13.2. The molecular formula is C27H32N2O5. The molecule has 7 heteroatoms. The van der Waals surface area contributed by atoms with E-state index < -0.39 is 17.7 Å². The number of benzene rings is 2. The van der Waals surface area contributed by atoms with Gasteiger partial charge in [-0.25, -0.2) is 0 Å². The van der Waals surface area contributed by atoms with E-state index >= 15 is 0 Å². The lowest BCUT2D eigenvalue weighted by atomic mass is 9.95. The van der Waals surface area contributed by atoms with Crippen LogP contribution in [0.15, 0.2) is 54.1 Å². The van der Waals surface area contributed by atoms with Crippen molar-refractivity contribution in [1.29, 1.82) is 0 Å². The van der Waals surface area contributed by atoms with Crippen LogP contribution in [-0.2, 0) is 14.3 Å². The van der Waals surface area contributed by atoms with E-state index in [0.717, 1.165) is 37.2 Å². The Balaban J connectivity index is 1.77. The first-order valence-electron chi connectivity index (χ1n) is 11.9. The van der Waals surface area contributed by atoms with Gasteiger partial charge in [0.1, 0.15) is 11.5 Å². The number of ether oxygens (including phenoxy) is 2. The highest BCUT2D eigenvalue weighted by Crippen LogP contribution is 2.40. The first kappa shape index (κ1) is 23.8. The maximum Gasteiger partial charge on any atom is 0.295 e. The number of ketones is 1. The number of aliphatic hydroxyl groups is 1. The number of anilines is 1. The topological polar surface area (TPSA) is 79.3 Å². The minimum absolute atomic E-state index is 0.101. The molecule has 1 amide bonds. The van der Waals surface area contributed by atoms with Gasteiger partial charge in [0.15, 0.2) is 0 Å². The number of rotatable bonds is 8. The average Bonchev–Trinajstić information content (AvgIpc) is 3.47. The molecule has 0 aromatic heterocycles. The van der Waals surface area contributed by atoms with Crippen LogP contribution in [0.2, 0.25) is 0 Å². The molecule has 180 valence electrons. The molecule has 7 nitrogen and oxygen atoms in total. The van der Waals surface area contributed by atoms with Crippen LogP contribution >= 0.6 is 0 Å². The lowest BCUT2D eigenvalue weighted by molar-refractivity contribution is -0.140. The van der Waals surface area contributed by atoms with Crippen molar-refractivity contribution in [2.24, 2.45) is 0 Å². The van der Waals surface area contributed by atoms with Gasteiger partial charge in [0.2, 0.25) is 0 Å². The standard InChI is InChI=1S/C27H32N2O5/c1-4-28(5-2)20-12-8-18(9-13-20)24-23(25(30)19-10-14-21(33-3)15-11-19)26(31)27(32)29(24)17-22-7-6-16-34-22/h8-15,22,24,30H,4-7,16-17H2,1-3H3/b25-23-. The molecule has 0 radical (unpaired) electrons. The molecule has 1 N–H and O–H groups in total. The van der Waals surface area contributed by atoms with Crippen LogP contribution in [0.5, 0.6) is 5.75 Å². The number of carbonyl (C=O) groups is 2. The minimum atomic E-state index is -0.683. The monoisotopic (exact) mass is 464 g/mol. The molecule has 0 spiro atoms. The van der Waals surface area contributed by atoms with E-state index in [4.69, 9.17) is 9.47 Å². The molecule has 34 heavy (non-hydrogen) atoms. The average molecular weight is 465 g/mol. The Morgan fingerprint density at radius 1 is 1.09 bits per heavy atom. The van der Waals surface area contributed by atoms with Crippen molar-refractivity contribution in [3.05, 3.63) is 65.2 Å². The predicted octanol–water partition coefficient (Wildman–Crippen LogP) is 4.14. The first-order chi connectivity index (χ1) is 16.5. The highest BCUT2D eigenvalue weighted by atomic mass is 16.5. The van der Waals surface area contributed by atoms with E-state index in [0.29, 0.717) is 24.5 Å². The van der Waals surface area contributed by atoms with Crippen molar-refractivity contribution < 1.29 is 24.2 Å². The second kappa shape index (κ2) is 10.3. The molecule has 2 aliphatic rings. The summed E-state index contributed by atoms with van der Waals surface area (Å²) < 4.78 is 11.0. The van der Waals surface area contributed by atoms with Crippen molar-refractivity contribution in [1.82, 2.24) is 4.90 Å². The largest absolute Gasteiger partial charge is 0.507 e. The quantitative estimate of drug-likeness (QED) is 0.359. The van der Waals surface area contributed by atoms with Gasteiger partial charge in [-0.3, -0.25) is 9.59 Å². The van der Waals surface area contributed by atoms with Gasteiger partial charge in [-0.15, -0.1) is 0 Å². The molecule has 2 aromatic rings. The van der Waals surface area contributed by atoms with Gasteiger partial charge in [-0.05, 0) is 68.7 Å². The van der Waals surface area contributed by atoms with E-state index in [2.05, 4.69) is 18.7 Å². The summed E-state index contributed by atoms with van der Waals surface area (Å²) in [5, 5.41) is 11.2. The fourth-order valence-corrected chi connectivity index (χ4v) is 4.78. The Labute approximate surface area is 200 Å². The Morgan fingerprint density at radius 3 is 2.32 bits per heavy atom. The minimum Gasteiger partial charge on any atom is -0.507 e. The molecule has 4 rings (SSSR count). The molecule has 0 saturated carbocycles. The highest BCUT2D eigenvalue weighted by molar-refractivity contribution is 6.46. The zero-order chi connectivity index (χ0) is 24.2. The SMILES string of the molecule is CCN(CC)c1ccc(C2/C(=C(/O)c3ccc(OC)cc3)C(=O)C(=O)N2CC2CCCO2)cc1.